The van der Waals surface area contributed by atoms with Crippen LogP contribution in [-0.2, 0) is 6.54 Å². The van der Waals surface area contributed by atoms with Crippen LogP contribution in [0.4, 0.5) is 4.79 Å². The highest BCUT2D eigenvalue weighted by molar-refractivity contribution is 9.10. The molecule has 0 atom stereocenters. The molecule has 0 heterocycles. The first kappa shape index (κ1) is 14.5. The van der Waals surface area contributed by atoms with E-state index in [-0.39, 0.29) is 0 Å². The Labute approximate surface area is 115 Å². The van der Waals surface area contributed by atoms with Crippen LogP contribution in [0.15, 0.2) is 22.7 Å². The van der Waals surface area contributed by atoms with Crippen molar-refractivity contribution >= 4 is 22.0 Å². The molecule has 1 amide bonds. The van der Waals surface area contributed by atoms with Gasteiger partial charge in [0.15, 0.2) is 0 Å². The van der Waals surface area contributed by atoms with Gasteiger partial charge in [0.25, 0.3) is 0 Å². The molecule has 0 aromatic heterocycles. The van der Waals surface area contributed by atoms with E-state index < -0.39 is 11.6 Å². The van der Waals surface area contributed by atoms with Crippen LogP contribution < -0.4 is 0 Å². The van der Waals surface area contributed by atoms with Crippen molar-refractivity contribution in [3.05, 3.63) is 33.8 Å². The molecular weight excluding hydrogens is 296 g/mol. The summed E-state index contributed by atoms with van der Waals surface area (Å²) < 4.78 is 0.682. The van der Waals surface area contributed by atoms with Crippen molar-refractivity contribution < 1.29 is 9.90 Å². The lowest BCUT2D eigenvalue weighted by atomic mass is 10.0. The van der Waals surface area contributed by atoms with Gasteiger partial charge in [-0.15, -0.1) is 0 Å². The number of nitriles is 1. The van der Waals surface area contributed by atoms with Crippen molar-refractivity contribution in [2.24, 2.45) is 0 Å². The summed E-state index contributed by atoms with van der Waals surface area (Å²) in [6, 6.07) is 7.28. The lowest BCUT2D eigenvalue weighted by Crippen LogP contribution is -2.44. The van der Waals surface area contributed by atoms with E-state index in [1.165, 1.54) is 4.90 Å². The second-order valence-corrected chi connectivity index (χ2v) is 5.82. The lowest BCUT2D eigenvalue weighted by Gasteiger charge is -2.33. The Morgan fingerprint density at radius 1 is 1.50 bits per heavy atom. The molecule has 5 heteroatoms. The molecule has 0 spiro atoms. The molecule has 1 aromatic carbocycles. The molecule has 4 nitrogen and oxygen atoms in total. The number of carboxylic acid groups (broad SMARTS) is 1. The van der Waals surface area contributed by atoms with E-state index in [2.05, 4.69) is 22.0 Å². The smallest absolute Gasteiger partial charge is 0.408 e. The summed E-state index contributed by atoms with van der Waals surface area (Å²) in [6.45, 7) is 5.84. The minimum Gasteiger partial charge on any atom is -0.465 e. The molecule has 18 heavy (non-hydrogen) atoms. The number of nitrogens with zero attached hydrogens (tertiary/aromatic N) is 2. The van der Waals surface area contributed by atoms with Crippen LogP contribution >= 0.6 is 15.9 Å². The van der Waals surface area contributed by atoms with Gasteiger partial charge < -0.3 is 5.11 Å². The van der Waals surface area contributed by atoms with E-state index in [9.17, 15) is 9.90 Å². The van der Waals surface area contributed by atoms with E-state index in [4.69, 9.17) is 5.26 Å². The number of carbonyl (C=O) groups is 1. The molecule has 0 fully saturated rings. The SMILES string of the molecule is CC(C)(C)N(Cc1ccc(C#N)c(Br)c1)C(=O)O. The van der Waals surface area contributed by atoms with E-state index >= 15 is 0 Å². The molecule has 1 N–H and O–H groups in total. The number of halogens is 1. The summed E-state index contributed by atoms with van der Waals surface area (Å²) in [5.41, 5.74) is 0.918. The van der Waals surface area contributed by atoms with Gasteiger partial charge >= 0.3 is 6.09 Å². The molecule has 0 bridgehead atoms. The molecule has 96 valence electrons. The number of rotatable bonds is 2. The molecule has 1 rings (SSSR count). The minimum atomic E-state index is -0.956. The van der Waals surface area contributed by atoms with Crippen LogP contribution in [0.2, 0.25) is 0 Å². The van der Waals surface area contributed by atoms with Crippen molar-refractivity contribution in [1.29, 1.82) is 5.26 Å². The van der Waals surface area contributed by atoms with Gasteiger partial charge in [0.2, 0.25) is 0 Å². The summed E-state index contributed by atoms with van der Waals surface area (Å²) in [6.07, 6.45) is -0.956. The van der Waals surface area contributed by atoms with Crippen LogP contribution in [0.5, 0.6) is 0 Å². The molecule has 0 aliphatic heterocycles. The molecule has 0 saturated heterocycles. The second-order valence-electron chi connectivity index (χ2n) is 4.97. The third-order valence-electron chi connectivity index (χ3n) is 2.54. The minimum absolute atomic E-state index is 0.295. The van der Waals surface area contributed by atoms with Gasteiger partial charge in [0.05, 0.1) is 5.56 Å². The predicted octanol–water partition coefficient (Wildman–Crippen LogP) is 3.60. The van der Waals surface area contributed by atoms with Crippen LogP contribution in [0.3, 0.4) is 0 Å². The fraction of sp³-hybridized carbons (Fsp3) is 0.385. The molecule has 0 aliphatic rings. The predicted molar refractivity (Wildman–Crippen MR) is 72.2 cm³/mol. The Kier molecular flexibility index (Phi) is 4.36. The fourth-order valence-electron chi connectivity index (χ4n) is 1.52. The topological polar surface area (TPSA) is 64.3 Å². The van der Waals surface area contributed by atoms with Gasteiger partial charge in [-0.25, -0.2) is 4.79 Å². The first-order valence-corrected chi connectivity index (χ1v) is 6.24. The van der Waals surface area contributed by atoms with Gasteiger partial charge in [-0.05, 0) is 54.4 Å². The maximum atomic E-state index is 11.2. The van der Waals surface area contributed by atoms with Crippen LogP contribution in [-0.4, -0.2) is 21.6 Å². The monoisotopic (exact) mass is 310 g/mol. The van der Waals surface area contributed by atoms with Crippen molar-refractivity contribution in [3.8, 4) is 6.07 Å². The zero-order valence-electron chi connectivity index (χ0n) is 10.6. The third-order valence-corrected chi connectivity index (χ3v) is 3.19. The zero-order valence-corrected chi connectivity index (χ0v) is 12.2. The third kappa shape index (κ3) is 3.47. The highest BCUT2D eigenvalue weighted by atomic mass is 79.9. The van der Waals surface area contributed by atoms with Crippen molar-refractivity contribution in [2.45, 2.75) is 32.9 Å². The van der Waals surface area contributed by atoms with Crippen LogP contribution in [0.1, 0.15) is 31.9 Å². The number of hydrogen-bond donors (Lipinski definition) is 1. The highest BCUT2D eigenvalue weighted by Gasteiger charge is 2.26. The van der Waals surface area contributed by atoms with Crippen LogP contribution in [0, 0.1) is 11.3 Å². The molecule has 0 aliphatic carbocycles. The summed E-state index contributed by atoms with van der Waals surface area (Å²) in [4.78, 5) is 12.6. The molecular formula is C13H15BrN2O2. The molecule has 1 aromatic rings. The van der Waals surface area contributed by atoms with Gasteiger partial charge in [-0.2, -0.15) is 5.26 Å². The highest BCUT2D eigenvalue weighted by Crippen LogP contribution is 2.22. The number of hydrogen-bond acceptors (Lipinski definition) is 2. The molecule has 0 unspecified atom stereocenters. The first-order valence-electron chi connectivity index (χ1n) is 5.45. The van der Waals surface area contributed by atoms with E-state index in [1.807, 2.05) is 20.8 Å². The number of amides is 1. The quantitative estimate of drug-likeness (QED) is 0.907. The number of benzene rings is 1. The summed E-state index contributed by atoms with van der Waals surface area (Å²) in [5.74, 6) is 0. The summed E-state index contributed by atoms with van der Waals surface area (Å²) >= 11 is 3.30. The van der Waals surface area contributed by atoms with E-state index in [1.54, 1.807) is 18.2 Å². The Bertz CT molecular complexity index is 501. The van der Waals surface area contributed by atoms with Crippen LogP contribution in [0.25, 0.3) is 0 Å². The van der Waals surface area contributed by atoms with Gasteiger partial charge in [0, 0.05) is 16.6 Å². The summed E-state index contributed by atoms with van der Waals surface area (Å²) in [5, 5.41) is 18.0. The Hall–Kier alpha value is -1.54. The van der Waals surface area contributed by atoms with Crippen molar-refractivity contribution in [1.82, 2.24) is 4.90 Å². The standard InChI is InChI=1S/C13H15BrN2O2/c1-13(2,3)16(12(17)18)8-9-4-5-10(7-15)11(14)6-9/h4-6H,8H2,1-3H3,(H,17,18). The van der Waals surface area contributed by atoms with E-state index in [0.717, 1.165) is 5.56 Å². The average Bonchev–Trinajstić information content (AvgIpc) is 2.24. The van der Waals surface area contributed by atoms with Crippen molar-refractivity contribution in [3.63, 3.8) is 0 Å². The largest absolute Gasteiger partial charge is 0.465 e. The Morgan fingerprint density at radius 3 is 2.50 bits per heavy atom. The van der Waals surface area contributed by atoms with Gasteiger partial charge in [-0.1, -0.05) is 6.07 Å². The molecule has 0 saturated carbocycles. The maximum absolute atomic E-state index is 11.2. The normalized spacial score (nSPS) is 10.8. The first-order chi connectivity index (χ1) is 8.25. The van der Waals surface area contributed by atoms with Crippen molar-refractivity contribution in [2.75, 3.05) is 0 Å². The second kappa shape index (κ2) is 5.40. The molecule has 0 radical (unpaired) electrons. The fourth-order valence-corrected chi connectivity index (χ4v) is 2.04. The summed E-state index contributed by atoms with van der Waals surface area (Å²) in [7, 11) is 0. The maximum Gasteiger partial charge on any atom is 0.408 e. The zero-order chi connectivity index (χ0) is 13.9. The van der Waals surface area contributed by atoms with E-state index in [0.29, 0.717) is 16.6 Å². The Morgan fingerprint density at radius 2 is 2.11 bits per heavy atom. The average molecular weight is 311 g/mol. The lowest BCUT2D eigenvalue weighted by molar-refractivity contribution is 0.0955. The van der Waals surface area contributed by atoms with Gasteiger partial charge in [0.1, 0.15) is 6.07 Å². The van der Waals surface area contributed by atoms with Gasteiger partial charge in [-0.3, -0.25) is 4.90 Å². The Balaban J connectivity index is 3.00.